The van der Waals surface area contributed by atoms with E-state index in [1.165, 1.54) is 141 Å². The first-order chi connectivity index (χ1) is 15.3. The third-order valence-electron chi connectivity index (χ3n) is 7.17. The molecule has 0 saturated carbocycles. The Morgan fingerprint density at radius 1 is 0.452 bits per heavy atom. The van der Waals surface area contributed by atoms with Gasteiger partial charge in [0.05, 0.1) is 0 Å². The van der Waals surface area contributed by atoms with Crippen molar-refractivity contribution in [1.82, 2.24) is 9.80 Å². The average Bonchev–Trinajstić information content (AvgIpc) is 3.18. The van der Waals surface area contributed by atoms with Crippen molar-refractivity contribution in [1.29, 1.82) is 0 Å². The molecule has 1 aliphatic heterocycles. The van der Waals surface area contributed by atoms with Crippen molar-refractivity contribution >= 4 is 0 Å². The Morgan fingerprint density at radius 3 is 1.29 bits per heavy atom. The van der Waals surface area contributed by atoms with Gasteiger partial charge in [0.25, 0.3) is 0 Å². The first-order valence-corrected chi connectivity index (χ1v) is 14.5. The molecule has 0 N–H and O–H groups in total. The van der Waals surface area contributed by atoms with Crippen molar-refractivity contribution in [3.05, 3.63) is 12.4 Å². The van der Waals surface area contributed by atoms with Gasteiger partial charge in [-0.1, -0.05) is 129 Å². The number of unbranched alkanes of at least 4 members (excludes halogenated alkanes) is 18. The summed E-state index contributed by atoms with van der Waals surface area (Å²) in [5.74, 6) is 0. The van der Waals surface area contributed by atoms with Gasteiger partial charge in [-0.3, -0.25) is 0 Å². The van der Waals surface area contributed by atoms with E-state index in [0.717, 1.165) is 6.54 Å². The standard InChI is InChI=1S/C29H58N2/c1-4-7-9-11-13-14-15-16-17-18-19-20-21-23-25-29-30(6-3)27-28-31(29)26-24-22-12-10-8-5-2/h27-29H,4-26H2,1-3H3. The molecule has 1 heterocycles. The van der Waals surface area contributed by atoms with Crippen LogP contribution < -0.4 is 0 Å². The van der Waals surface area contributed by atoms with Gasteiger partial charge in [-0.15, -0.1) is 0 Å². The summed E-state index contributed by atoms with van der Waals surface area (Å²) < 4.78 is 0. The summed E-state index contributed by atoms with van der Waals surface area (Å²) >= 11 is 0. The molecule has 2 heteroatoms. The molecule has 0 aromatic heterocycles. The lowest BCUT2D eigenvalue weighted by atomic mass is 10.0. The van der Waals surface area contributed by atoms with Crippen LogP contribution in [0.1, 0.15) is 156 Å². The fourth-order valence-electron chi connectivity index (χ4n) is 5.03. The average molecular weight is 435 g/mol. The fourth-order valence-corrected chi connectivity index (χ4v) is 5.03. The van der Waals surface area contributed by atoms with Gasteiger partial charge in [-0.25, -0.2) is 0 Å². The second kappa shape index (κ2) is 21.2. The molecule has 1 unspecified atom stereocenters. The highest BCUT2D eigenvalue weighted by molar-refractivity contribution is 4.96. The molecule has 0 spiro atoms. The zero-order chi connectivity index (χ0) is 22.4. The first-order valence-electron chi connectivity index (χ1n) is 14.5. The smallest absolute Gasteiger partial charge is 0.101 e. The van der Waals surface area contributed by atoms with Crippen LogP contribution in [0, 0.1) is 0 Å². The highest BCUT2D eigenvalue weighted by atomic mass is 15.4. The highest BCUT2D eigenvalue weighted by Gasteiger charge is 2.23. The minimum absolute atomic E-state index is 0.637. The molecule has 0 aromatic rings. The Morgan fingerprint density at radius 2 is 0.839 bits per heavy atom. The molecule has 0 radical (unpaired) electrons. The molecule has 1 atom stereocenters. The van der Waals surface area contributed by atoms with E-state index in [0.29, 0.717) is 6.17 Å². The van der Waals surface area contributed by atoms with E-state index >= 15 is 0 Å². The Bertz CT molecular complexity index is 392. The first kappa shape index (κ1) is 28.4. The minimum Gasteiger partial charge on any atom is -0.356 e. The lowest BCUT2D eigenvalue weighted by molar-refractivity contribution is 0.142. The third kappa shape index (κ3) is 14.9. The van der Waals surface area contributed by atoms with Crippen LogP contribution in [0.2, 0.25) is 0 Å². The van der Waals surface area contributed by atoms with Gasteiger partial charge in [-0.2, -0.15) is 0 Å². The van der Waals surface area contributed by atoms with Gasteiger partial charge >= 0.3 is 0 Å². The monoisotopic (exact) mass is 434 g/mol. The maximum absolute atomic E-state index is 2.63. The van der Waals surface area contributed by atoms with Crippen molar-refractivity contribution in [2.75, 3.05) is 13.1 Å². The molecule has 1 aliphatic rings. The van der Waals surface area contributed by atoms with E-state index in [1.807, 2.05) is 0 Å². The van der Waals surface area contributed by atoms with Crippen molar-refractivity contribution in [3.8, 4) is 0 Å². The van der Waals surface area contributed by atoms with Gasteiger partial charge in [-0.05, 0) is 26.2 Å². The molecule has 1 rings (SSSR count). The molecular formula is C29H58N2. The Hall–Kier alpha value is -0.660. The normalized spacial score (nSPS) is 16.0. The molecule has 0 aromatic carbocycles. The number of rotatable bonds is 23. The number of hydrogen-bond acceptors (Lipinski definition) is 2. The summed E-state index contributed by atoms with van der Waals surface area (Å²) in [7, 11) is 0. The molecule has 184 valence electrons. The van der Waals surface area contributed by atoms with Crippen LogP contribution in [0.4, 0.5) is 0 Å². The maximum atomic E-state index is 2.63. The van der Waals surface area contributed by atoms with E-state index in [1.54, 1.807) is 0 Å². The summed E-state index contributed by atoms with van der Waals surface area (Å²) in [6.45, 7) is 9.31. The summed E-state index contributed by atoms with van der Waals surface area (Å²) in [5, 5.41) is 0. The second-order valence-electron chi connectivity index (χ2n) is 10.00. The summed E-state index contributed by atoms with van der Waals surface area (Å²) in [6.07, 6.45) is 35.3. The van der Waals surface area contributed by atoms with Crippen LogP contribution in [-0.2, 0) is 0 Å². The molecule has 0 amide bonds. The van der Waals surface area contributed by atoms with Gasteiger partial charge in [0, 0.05) is 25.5 Å². The van der Waals surface area contributed by atoms with Gasteiger partial charge < -0.3 is 9.80 Å². The van der Waals surface area contributed by atoms with E-state index in [9.17, 15) is 0 Å². The second-order valence-corrected chi connectivity index (χ2v) is 10.00. The van der Waals surface area contributed by atoms with E-state index in [2.05, 4.69) is 43.0 Å². The molecule has 2 nitrogen and oxygen atoms in total. The number of hydrogen-bond donors (Lipinski definition) is 0. The van der Waals surface area contributed by atoms with Crippen molar-refractivity contribution < 1.29 is 0 Å². The molecule has 0 fully saturated rings. The summed E-state index contributed by atoms with van der Waals surface area (Å²) in [5.41, 5.74) is 0. The summed E-state index contributed by atoms with van der Waals surface area (Å²) in [4.78, 5) is 5.19. The zero-order valence-electron chi connectivity index (χ0n) is 21.9. The zero-order valence-corrected chi connectivity index (χ0v) is 21.9. The van der Waals surface area contributed by atoms with Gasteiger partial charge in [0.1, 0.15) is 6.17 Å². The fraction of sp³-hybridized carbons (Fsp3) is 0.931. The largest absolute Gasteiger partial charge is 0.356 e. The Kier molecular flexibility index (Phi) is 19.4. The van der Waals surface area contributed by atoms with Crippen LogP contribution in [-0.4, -0.2) is 29.1 Å². The van der Waals surface area contributed by atoms with Crippen LogP contribution >= 0.6 is 0 Å². The molecular weight excluding hydrogens is 376 g/mol. The summed E-state index contributed by atoms with van der Waals surface area (Å²) in [6, 6.07) is 0. The van der Waals surface area contributed by atoms with E-state index in [-0.39, 0.29) is 0 Å². The van der Waals surface area contributed by atoms with Crippen molar-refractivity contribution in [3.63, 3.8) is 0 Å². The van der Waals surface area contributed by atoms with E-state index < -0.39 is 0 Å². The van der Waals surface area contributed by atoms with Crippen LogP contribution in [0.3, 0.4) is 0 Å². The third-order valence-corrected chi connectivity index (χ3v) is 7.17. The van der Waals surface area contributed by atoms with Crippen LogP contribution in [0.15, 0.2) is 12.4 Å². The van der Waals surface area contributed by atoms with Gasteiger partial charge in [0.15, 0.2) is 0 Å². The van der Waals surface area contributed by atoms with Crippen molar-refractivity contribution in [2.24, 2.45) is 0 Å². The Balaban J connectivity index is 1.97. The van der Waals surface area contributed by atoms with Crippen molar-refractivity contribution in [2.45, 2.75) is 162 Å². The SMILES string of the molecule is CCCCCCCCCCCCCCCCC1N(CC)C=CN1CCCCCCCC. The number of nitrogens with zero attached hydrogens (tertiary/aromatic N) is 2. The molecule has 0 aliphatic carbocycles. The Labute approximate surface area is 197 Å². The predicted octanol–water partition coefficient (Wildman–Crippen LogP) is 9.65. The topological polar surface area (TPSA) is 6.48 Å². The maximum Gasteiger partial charge on any atom is 0.101 e. The molecule has 31 heavy (non-hydrogen) atoms. The van der Waals surface area contributed by atoms with Crippen LogP contribution in [0.5, 0.6) is 0 Å². The highest BCUT2D eigenvalue weighted by Crippen LogP contribution is 2.22. The molecule has 0 bridgehead atoms. The predicted molar refractivity (Wildman–Crippen MR) is 140 cm³/mol. The lowest BCUT2D eigenvalue weighted by Gasteiger charge is -2.32. The van der Waals surface area contributed by atoms with Crippen LogP contribution in [0.25, 0.3) is 0 Å². The quantitative estimate of drug-likeness (QED) is 0.148. The van der Waals surface area contributed by atoms with Gasteiger partial charge in [0.2, 0.25) is 0 Å². The molecule has 0 saturated heterocycles. The van der Waals surface area contributed by atoms with E-state index in [4.69, 9.17) is 0 Å². The lowest BCUT2D eigenvalue weighted by Crippen LogP contribution is -2.38. The minimum atomic E-state index is 0.637.